The molecule has 0 spiro atoms. The number of nitrogens with zero attached hydrogens (tertiary/aromatic N) is 2. The SMILES string of the molecule is O=C(Cc1noc2ccccc12)NCc1cccc2ncsc12. The second-order valence-corrected chi connectivity index (χ2v) is 6.05. The number of hydrogen-bond donors (Lipinski definition) is 1. The molecule has 2 heterocycles. The summed E-state index contributed by atoms with van der Waals surface area (Å²) in [5.74, 6) is -0.0782. The predicted molar refractivity (Wildman–Crippen MR) is 89.2 cm³/mol. The average Bonchev–Trinajstić information content (AvgIpc) is 3.20. The molecule has 0 unspecified atom stereocenters. The largest absolute Gasteiger partial charge is 0.356 e. The number of benzene rings is 2. The lowest BCUT2D eigenvalue weighted by Crippen LogP contribution is -2.24. The molecule has 1 amide bonds. The first-order chi connectivity index (χ1) is 11.3. The highest BCUT2D eigenvalue weighted by atomic mass is 32.1. The van der Waals surface area contributed by atoms with E-state index in [0.717, 1.165) is 21.2 Å². The van der Waals surface area contributed by atoms with Gasteiger partial charge >= 0.3 is 0 Å². The Morgan fingerprint density at radius 3 is 3.04 bits per heavy atom. The molecule has 114 valence electrons. The molecule has 0 saturated heterocycles. The summed E-state index contributed by atoms with van der Waals surface area (Å²) < 4.78 is 6.33. The Bertz CT molecular complexity index is 990. The van der Waals surface area contributed by atoms with Gasteiger partial charge in [-0.25, -0.2) is 4.98 Å². The standard InChI is InChI=1S/C17H13N3O2S/c21-16(8-14-12-5-1-2-7-15(12)22-20-14)18-9-11-4-3-6-13-17(11)23-10-19-13/h1-7,10H,8-9H2,(H,18,21). The Balaban J connectivity index is 1.47. The lowest BCUT2D eigenvalue weighted by atomic mass is 10.1. The number of para-hydroxylation sites is 1. The van der Waals surface area contributed by atoms with Crippen molar-refractivity contribution >= 4 is 38.4 Å². The highest BCUT2D eigenvalue weighted by molar-refractivity contribution is 7.16. The summed E-state index contributed by atoms with van der Waals surface area (Å²) in [5, 5.41) is 7.81. The summed E-state index contributed by atoms with van der Waals surface area (Å²) in [5.41, 5.74) is 5.21. The molecule has 6 heteroatoms. The zero-order valence-electron chi connectivity index (χ0n) is 12.2. The van der Waals surface area contributed by atoms with Crippen LogP contribution in [0, 0.1) is 0 Å². The van der Waals surface area contributed by atoms with Crippen molar-refractivity contribution in [3.8, 4) is 0 Å². The lowest BCUT2D eigenvalue weighted by molar-refractivity contribution is -0.120. The van der Waals surface area contributed by atoms with E-state index in [-0.39, 0.29) is 12.3 Å². The van der Waals surface area contributed by atoms with Crippen molar-refractivity contribution < 1.29 is 9.32 Å². The zero-order chi connectivity index (χ0) is 15.6. The van der Waals surface area contributed by atoms with Crippen molar-refractivity contribution in [1.29, 1.82) is 0 Å². The second-order valence-electron chi connectivity index (χ2n) is 5.20. The molecule has 5 nitrogen and oxygen atoms in total. The van der Waals surface area contributed by atoms with Crippen molar-refractivity contribution in [2.45, 2.75) is 13.0 Å². The van der Waals surface area contributed by atoms with E-state index < -0.39 is 0 Å². The summed E-state index contributed by atoms with van der Waals surface area (Å²) in [6.45, 7) is 0.480. The molecule has 0 fully saturated rings. The highest BCUT2D eigenvalue weighted by Crippen LogP contribution is 2.22. The van der Waals surface area contributed by atoms with Gasteiger partial charge in [0.15, 0.2) is 5.58 Å². The Morgan fingerprint density at radius 2 is 2.09 bits per heavy atom. The monoisotopic (exact) mass is 323 g/mol. The van der Waals surface area contributed by atoms with E-state index in [2.05, 4.69) is 15.5 Å². The highest BCUT2D eigenvalue weighted by Gasteiger charge is 2.12. The van der Waals surface area contributed by atoms with Gasteiger partial charge in [0.1, 0.15) is 5.69 Å². The smallest absolute Gasteiger partial charge is 0.226 e. The number of aromatic nitrogens is 2. The van der Waals surface area contributed by atoms with Crippen molar-refractivity contribution in [2.24, 2.45) is 0 Å². The van der Waals surface area contributed by atoms with Gasteiger partial charge in [-0.15, -0.1) is 11.3 Å². The molecule has 0 aliphatic heterocycles. The van der Waals surface area contributed by atoms with Crippen LogP contribution in [0.25, 0.3) is 21.2 Å². The average molecular weight is 323 g/mol. The van der Waals surface area contributed by atoms with Gasteiger partial charge in [0, 0.05) is 11.9 Å². The number of hydrogen-bond acceptors (Lipinski definition) is 5. The quantitative estimate of drug-likeness (QED) is 0.626. The van der Waals surface area contributed by atoms with Gasteiger partial charge in [-0.2, -0.15) is 0 Å². The van der Waals surface area contributed by atoms with E-state index in [9.17, 15) is 4.79 Å². The van der Waals surface area contributed by atoms with E-state index in [4.69, 9.17) is 4.52 Å². The maximum Gasteiger partial charge on any atom is 0.226 e. The minimum Gasteiger partial charge on any atom is -0.356 e. The van der Waals surface area contributed by atoms with Crippen LogP contribution in [0.15, 0.2) is 52.5 Å². The van der Waals surface area contributed by atoms with Gasteiger partial charge < -0.3 is 9.84 Å². The molecule has 1 N–H and O–H groups in total. The number of nitrogens with one attached hydrogen (secondary N) is 1. The molecule has 4 rings (SSSR count). The van der Waals surface area contributed by atoms with Crippen LogP contribution in [0.2, 0.25) is 0 Å². The summed E-state index contributed by atoms with van der Waals surface area (Å²) in [6.07, 6.45) is 0.204. The lowest BCUT2D eigenvalue weighted by Gasteiger charge is -2.05. The fourth-order valence-corrected chi connectivity index (χ4v) is 3.36. The van der Waals surface area contributed by atoms with Gasteiger partial charge in [-0.05, 0) is 23.8 Å². The molecule has 0 radical (unpaired) electrons. The zero-order valence-corrected chi connectivity index (χ0v) is 13.0. The summed E-state index contributed by atoms with van der Waals surface area (Å²) in [4.78, 5) is 16.5. The third kappa shape index (κ3) is 2.68. The van der Waals surface area contributed by atoms with E-state index in [1.165, 1.54) is 0 Å². The van der Waals surface area contributed by atoms with Crippen LogP contribution < -0.4 is 5.32 Å². The number of carbonyl (C=O) groups excluding carboxylic acids is 1. The fourth-order valence-electron chi connectivity index (χ4n) is 2.56. The minimum atomic E-state index is -0.0782. The topological polar surface area (TPSA) is 68.0 Å². The number of rotatable bonds is 4. The maximum atomic E-state index is 12.2. The van der Waals surface area contributed by atoms with E-state index in [1.54, 1.807) is 11.3 Å². The van der Waals surface area contributed by atoms with Crippen LogP contribution in [0.3, 0.4) is 0 Å². The third-order valence-corrected chi connectivity index (χ3v) is 4.61. The first kappa shape index (κ1) is 13.9. The molecular formula is C17H13N3O2S. The molecule has 2 aromatic carbocycles. The van der Waals surface area contributed by atoms with Gasteiger partial charge in [0.2, 0.25) is 5.91 Å². The summed E-state index contributed by atoms with van der Waals surface area (Å²) >= 11 is 1.58. The van der Waals surface area contributed by atoms with Crippen molar-refractivity contribution in [3.05, 3.63) is 59.2 Å². The van der Waals surface area contributed by atoms with Gasteiger partial charge in [0.05, 0.1) is 22.1 Å². The number of thiazole rings is 1. The van der Waals surface area contributed by atoms with Gasteiger partial charge in [-0.3, -0.25) is 4.79 Å². The minimum absolute atomic E-state index is 0.0782. The summed E-state index contributed by atoms with van der Waals surface area (Å²) in [7, 11) is 0. The van der Waals surface area contributed by atoms with E-state index in [1.807, 2.05) is 48.0 Å². The van der Waals surface area contributed by atoms with Crippen LogP contribution in [0.1, 0.15) is 11.3 Å². The first-order valence-electron chi connectivity index (χ1n) is 7.22. The van der Waals surface area contributed by atoms with Gasteiger partial charge in [-0.1, -0.05) is 29.4 Å². The molecule has 0 aliphatic rings. The second kappa shape index (κ2) is 5.81. The Kier molecular flexibility index (Phi) is 3.51. The fraction of sp³-hybridized carbons (Fsp3) is 0.118. The van der Waals surface area contributed by atoms with Crippen molar-refractivity contribution in [1.82, 2.24) is 15.5 Å². The van der Waals surface area contributed by atoms with E-state index in [0.29, 0.717) is 17.8 Å². The predicted octanol–water partition coefficient (Wildman–Crippen LogP) is 3.30. The van der Waals surface area contributed by atoms with Crippen LogP contribution in [0.5, 0.6) is 0 Å². The van der Waals surface area contributed by atoms with Crippen LogP contribution >= 0.6 is 11.3 Å². The molecule has 23 heavy (non-hydrogen) atoms. The molecule has 0 aliphatic carbocycles. The number of fused-ring (bicyclic) bond motifs is 2. The molecular weight excluding hydrogens is 310 g/mol. The normalized spacial score (nSPS) is 11.1. The molecule has 0 bridgehead atoms. The molecule has 2 aromatic heterocycles. The first-order valence-corrected chi connectivity index (χ1v) is 8.10. The third-order valence-electron chi connectivity index (χ3n) is 3.69. The Labute approximate surface area is 135 Å². The molecule has 0 atom stereocenters. The number of carbonyl (C=O) groups is 1. The number of amides is 1. The Morgan fingerprint density at radius 1 is 1.17 bits per heavy atom. The maximum absolute atomic E-state index is 12.2. The van der Waals surface area contributed by atoms with Crippen molar-refractivity contribution in [2.75, 3.05) is 0 Å². The molecule has 4 aromatic rings. The summed E-state index contributed by atoms with van der Waals surface area (Å²) in [6, 6.07) is 13.5. The van der Waals surface area contributed by atoms with Crippen LogP contribution in [0.4, 0.5) is 0 Å². The van der Waals surface area contributed by atoms with Crippen molar-refractivity contribution in [3.63, 3.8) is 0 Å². The Hall–Kier alpha value is -2.73. The van der Waals surface area contributed by atoms with Crippen LogP contribution in [-0.2, 0) is 17.8 Å². The van der Waals surface area contributed by atoms with Crippen LogP contribution in [-0.4, -0.2) is 16.0 Å². The van der Waals surface area contributed by atoms with Gasteiger partial charge in [0.25, 0.3) is 0 Å². The van der Waals surface area contributed by atoms with E-state index >= 15 is 0 Å². The molecule has 0 saturated carbocycles.